The molecule has 57 heavy (non-hydrogen) atoms. The zero-order chi connectivity index (χ0) is 42.1. The van der Waals surface area contributed by atoms with E-state index in [1.54, 1.807) is 0 Å². The molecule has 0 fully saturated rings. The summed E-state index contributed by atoms with van der Waals surface area (Å²) in [6.07, 6.45) is 41.3. The number of carboxylic acids is 1. The van der Waals surface area contributed by atoms with Crippen LogP contribution in [0.1, 0.15) is 226 Å². The monoisotopic (exact) mass is 832 g/mol. The Morgan fingerprint density at radius 3 is 1.28 bits per heavy atom. The summed E-state index contributed by atoms with van der Waals surface area (Å²) in [5.74, 6) is -2.37. The smallest absolute Gasteiger partial charge is 0.472 e. The molecule has 0 aliphatic rings. The van der Waals surface area contributed by atoms with Crippen molar-refractivity contribution in [1.82, 2.24) is 0 Å². The first kappa shape index (κ1) is 55.2. The number of phosphoric ester groups is 1. The van der Waals surface area contributed by atoms with Crippen LogP contribution in [0.3, 0.4) is 0 Å². The minimum atomic E-state index is -4.71. The molecule has 0 radical (unpaired) electrons. The molecular formula is C45H86NO10P. The second-order valence-corrected chi connectivity index (χ2v) is 17.3. The van der Waals surface area contributed by atoms with Crippen molar-refractivity contribution in [3.05, 3.63) is 12.2 Å². The lowest BCUT2D eigenvalue weighted by Crippen LogP contribution is -2.34. The number of phosphoric acid groups is 1. The molecule has 0 amide bonds. The molecule has 0 bridgehead atoms. The molecule has 0 spiro atoms. The Kier molecular flexibility index (Phi) is 39.7. The van der Waals surface area contributed by atoms with Crippen LogP contribution in [0.5, 0.6) is 0 Å². The molecule has 336 valence electrons. The van der Waals surface area contributed by atoms with Gasteiger partial charge in [0.25, 0.3) is 0 Å². The zero-order valence-corrected chi connectivity index (χ0v) is 37.3. The number of rotatable bonds is 44. The predicted molar refractivity (Wildman–Crippen MR) is 231 cm³/mol. The maximum atomic E-state index is 12.6. The molecule has 3 atom stereocenters. The highest BCUT2D eigenvalue weighted by molar-refractivity contribution is 7.47. The maximum absolute atomic E-state index is 12.6. The van der Waals surface area contributed by atoms with Gasteiger partial charge >= 0.3 is 25.7 Å². The highest BCUT2D eigenvalue weighted by Crippen LogP contribution is 2.43. The van der Waals surface area contributed by atoms with E-state index in [1.807, 2.05) is 0 Å². The van der Waals surface area contributed by atoms with Gasteiger partial charge in [-0.25, -0.2) is 4.57 Å². The van der Waals surface area contributed by atoms with Crippen LogP contribution >= 0.6 is 7.82 Å². The maximum Gasteiger partial charge on any atom is 0.472 e. The first-order valence-corrected chi connectivity index (χ1v) is 24.7. The number of carbonyl (C=O) groups is 3. The van der Waals surface area contributed by atoms with Crippen LogP contribution in [0.25, 0.3) is 0 Å². The Labute approximate surface area is 348 Å². The van der Waals surface area contributed by atoms with Crippen molar-refractivity contribution < 1.29 is 47.5 Å². The summed E-state index contributed by atoms with van der Waals surface area (Å²) in [6.45, 7) is 2.82. The summed E-state index contributed by atoms with van der Waals surface area (Å²) in [4.78, 5) is 46.0. The van der Waals surface area contributed by atoms with Crippen LogP contribution in [0.15, 0.2) is 12.2 Å². The molecule has 0 saturated heterocycles. The fourth-order valence-electron chi connectivity index (χ4n) is 6.59. The fourth-order valence-corrected chi connectivity index (χ4v) is 7.37. The third-order valence-electron chi connectivity index (χ3n) is 10.3. The number of esters is 2. The lowest BCUT2D eigenvalue weighted by atomic mass is 10.0. The van der Waals surface area contributed by atoms with Gasteiger partial charge in [0.1, 0.15) is 12.6 Å². The highest BCUT2D eigenvalue weighted by atomic mass is 31.2. The van der Waals surface area contributed by atoms with Gasteiger partial charge in [0.15, 0.2) is 6.10 Å². The molecule has 0 saturated carbocycles. The van der Waals surface area contributed by atoms with E-state index in [2.05, 4.69) is 30.5 Å². The van der Waals surface area contributed by atoms with Gasteiger partial charge in [0.05, 0.1) is 13.2 Å². The third kappa shape index (κ3) is 40.8. The van der Waals surface area contributed by atoms with E-state index < -0.39 is 51.1 Å². The van der Waals surface area contributed by atoms with E-state index in [0.717, 1.165) is 38.5 Å². The number of unbranched alkanes of at least 4 members (excludes halogenated alkanes) is 28. The summed E-state index contributed by atoms with van der Waals surface area (Å²) in [7, 11) is -4.71. The van der Waals surface area contributed by atoms with E-state index in [1.165, 1.54) is 148 Å². The van der Waals surface area contributed by atoms with Crippen molar-refractivity contribution >= 4 is 25.7 Å². The quantitative estimate of drug-likeness (QED) is 0.0231. The molecule has 0 rings (SSSR count). The van der Waals surface area contributed by atoms with Gasteiger partial charge in [-0.1, -0.05) is 187 Å². The molecule has 0 aromatic heterocycles. The standard InChI is InChI=1S/C45H86NO10P/c1-3-5-7-9-11-13-15-17-18-19-20-21-22-23-24-25-27-29-31-33-35-37-44(48)56-41(39-54-57(51,52)55-40-42(46)45(49)50)38-53-43(47)36-34-32-30-28-26-16-14-12-10-8-6-4-2/h19-20,41-42H,3-18,21-40,46H2,1-2H3,(H,49,50)(H,51,52)/b20-19-. The van der Waals surface area contributed by atoms with Crippen LogP contribution in [0.2, 0.25) is 0 Å². The zero-order valence-electron chi connectivity index (χ0n) is 36.5. The first-order chi connectivity index (χ1) is 27.6. The average Bonchev–Trinajstić information content (AvgIpc) is 3.19. The molecule has 0 aromatic carbocycles. The molecule has 0 aliphatic carbocycles. The van der Waals surface area contributed by atoms with Crippen molar-refractivity contribution in [2.45, 2.75) is 238 Å². The molecular weight excluding hydrogens is 745 g/mol. The van der Waals surface area contributed by atoms with Gasteiger partial charge in [0.2, 0.25) is 0 Å². The Balaban J connectivity index is 4.25. The van der Waals surface area contributed by atoms with E-state index >= 15 is 0 Å². The van der Waals surface area contributed by atoms with Crippen LogP contribution in [0.4, 0.5) is 0 Å². The Hall–Kier alpha value is -1.78. The van der Waals surface area contributed by atoms with Gasteiger partial charge in [-0.3, -0.25) is 23.4 Å². The topological polar surface area (TPSA) is 172 Å². The molecule has 4 N–H and O–H groups in total. The second-order valence-electron chi connectivity index (χ2n) is 15.9. The molecule has 0 aliphatic heterocycles. The van der Waals surface area contributed by atoms with Gasteiger partial charge < -0.3 is 25.2 Å². The van der Waals surface area contributed by atoms with Crippen molar-refractivity contribution in [3.8, 4) is 0 Å². The number of ether oxygens (including phenoxy) is 2. The van der Waals surface area contributed by atoms with E-state index in [9.17, 15) is 23.8 Å². The van der Waals surface area contributed by atoms with Gasteiger partial charge in [-0.15, -0.1) is 0 Å². The van der Waals surface area contributed by atoms with Crippen molar-refractivity contribution in [1.29, 1.82) is 0 Å². The first-order valence-electron chi connectivity index (χ1n) is 23.2. The van der Waals surface area contributed by atoms with E-state index in [-0.39, 0.29) is 19.4 Å². The highest BCUT2D eigenvalue weighted by Gasteiger charge is 2.28. The minimum absolute atomic E-state index is 0.163. The number of aliphatic carboxylic acids is 1. The fraction of sp³-hybridized carbons (Fsp3) is 0.889. The summed E-state index contributed by atoms with van der Waals surface area (Å²) >= 11 is 0. The van der Waals surface area contributed by atoms with Gasteiger partial charge in [0, 0.05) is 12.8 Å². The average molecular weight is 832 g/mol. The summed E-state index contributed by atoms with van der Waals surface area (Å²) in [5, 5.41) is 8.89. The summed E-state index contributed by atoms with van der Waals surface area (Å²) in [6, 6.07) is -1.52. The van der Waals surface area contributed by atoms with Crippen LogP contribution in [0, 0.1) is 0 Å². The van der Waals surface area contributed by atoms with Crippen molar-refractivity contribution in [3.63, 3.8) is 0 Å². The molecule has 0 heterocycles. The van der Waals surface area contributed by atoms with E-state index in [4.69, 9.17) is 24.8 Å². The Morgan fingerprint density at radius 1 is 0.526 bits per heavy atom. The number of nitrogens with two attached hydrogens (primary N) is 1. The van der Waals surface area contributed by atoms with E-state index in [0.29, 0.717) is 12.8 Å². The molecule has 0 aromatic rings. The lowest BCUT2D eigenvalue weighted by Gasteiger charge is -2.20. The SMILES string of the molecule is CCCCCCCCCC/C=C\CCCCCCCCCCCC(=O)OC(COC(=O)CCCCCCCCCCCCCC)COP(=O)(O)OCC(N)C(=O)O. The van der Waals surface area contributed by atoms with Crippen LogP contribution in [-0.2, 0) is 37.5 Å². The summed E-state index contributed by atoms with van der Waals surface area (Å²) in [5.41, 5.74) is 5.34. The second kappa shape index (κ2) is 41.0. The number of hydrogen-bond acceptors (Lipinski definition) is 9. The van der Waals surface area contributed by atoms with Crippen molar-refractivity contribution in [2.75, 3.05) is 19.8 Å². The number of hydrogen-bond donors (Lipinski definition) is 3. The molecule has 11 nitrogen and oxygen atoms in total. The number of carboxylic acid groups (broad SMARTS) is 1. The minimum Gasteiger partial charge on any atom is -0.480 e. The number of allylic oxidation sites excluding steroid dienone is 2. The van der Waals surface area contributed by atoms with Crippen molar-refractivity contribution in [2.24, 2.45) is 5.73 Å². The van der Waals surface area contributed by atoms with Gasteiger partial charge in [-0.2, -0.15) is 0 Å². The van der Waals surface area contributed by atoms with Gasteiger partial charge in [-0.05, 0) is 38.5 Å². The third-order valence-corrected chi connectivity index (χ3v) is 11.2. The van der Waals surface area contributed by atoms with Crippen LogP contribution < -0.4 is 5.73 Å². The largest absolute Gasteiger partial charge is 0.480 e. The Bertz CT molecular complexity index is 1030. The summed E-state index contributed by atoms with van der Waals surface area (Å²) < 4.78 is 32.7. The molecule has 3 unspecified atom stereocenters. The normalized spacial score (nSPS) is 13.8. The molecule has 12 heteroatoms. The predicted octanol–water partition coefficient (Wildman–Crippen LogP) is 12.5. The van der Waals surface area contributed by atoms with Crippen LogP contribution in [-0.4, -0.2) is 59.9 Å². The lowest BCUT2D eigenvalue weighted by molar-refractivity contribution is -0.161. The number of carbonyl (C=O) groups excluding carboxylic acids is 2. The Morgan fingerprint density at radius 2 is 0.877 bits per heavy atom.